The van der Waals surface area contributed by atoms with Crippen LogP contribution in [0.15, 0.2) is 24.3 Å². The first-order valence-corrected chi connectivity index (χ1v) is 7.13. The summed E-state index contributed by atoms with van der Waals surface area (Å²) in [4.78, 5) is 0. The van der Waals surface area contributed by atoms with Gasteiger partial charge in [0.05, 0.1) is 0 Å². The molecule has 0 spiro atoms. The first kappa shape index (κ1) is 9.79. The van der Waals surface area contributed by atoms with Crippen molar-refractivity contribution >= 4 is 28.5 Å². The highest BCUT2D eigenvalue weighted by molar-refractivity contribution is 14.2. The van der Waals surface area contributed by atoms with Crippen molar-refractivity contribution in [1.29, 1.82) is 0 Å². The molecule has 0 saturated heterocycles. The fourth-order valence-electron chi connectivity index (χ4n) is 0.709. The SMILES string of the molecule is Cc1ccc(OS(=O)(=O)I)cc1. The van der Waals surface area contributed by atoms with E-state index in [0.29, 0.717) is 5.75 Å². The summed E-state index contributed by atoms with van der Waals surface area (Å²) in [6.07, 6.45) is 0. The molecule has 0 atom stereocenters. The van der Waals surface area contributed by atoms with Gasteiger partial charge < -0.3 is 4.18 Å². The van der Waals surface area contributed by atoms with Crippen LogP contribution in [0.25, 0.3) is 0 Å². The number of benzene rings is 1. The predicted octanol–water partition coefficient (Wildman–Crippen LogP) is 2.05. The van der Waals surface area contributed by atoms with E-state index in [1.165, 1.54) is 21.2 Å². The quantitative estimate of drug-likeness (QED) is 0.620. The van der Waals surface area contributed by atoms with Crippen LogP contribution < -0.4 is 4.18 Å². The topological polar surface area (TPSA) is 43.4 Å². The van der Waals surface area contributed by atoms with E-state index < -0.39 is 7.29 Å². The highest BCUT2D eigenvalue weighted by Crippen LogP contribution is 2.16. The third-order valence-electron chi connectivity index (χ3n) is 1.22. The molecule has 5 heteroatoms. The molecule has 66 valence electrons. The second-order valence-electron chi connectivity index (χ2n) is 2.29. The summed E-state index contributed by atoms with van der Waals surface area (Å²) in [5, 5.41) is 0. The van der Waals surface area contributed by atoms with Crippen molar-refractivity contribution in [3.05, 3.63) is 29.8 Å². The van der Waals surface area contributed by atoms with Crippen molar-refractivity contribution in [3.8, 4) is 5.75 Å². The minimum atomic E-state index is -3.42. The molecule has 0 aliphatic rings. The predicted molar refractivity (Wildman–Crippen MR) is 54.7 cm³/mol. The van der Waals surface area contributed by atoms with E-state index in [4.69, 9.17) is 0 Å². The minimum Gasteiger partial charge on any atom is -0.375 e. The zero-order chi connectivity index (χ0) is 9.19. The Kier molecular flexibility index (Phi) is 2.94. The maximum atomic E-state index is 10.7. The largest absolute Gasteiger partial charge is 0.375 e. The Morgan fingerprint density at radius 3 is 2.17 bits per heavy atom. The van der Waals surface area contributed by atoms with Crippen LogP contribution >= 0.6 is 21.2 Å². The van der Waals surface area contributed by atoms with Gasteiger partial charge in [0.25, 0.3) is 0 Å². The van der Waals surface area contributed by atoms with Crippen LogP contribution in [0.3, 0.4) is 0 Å². The van der Waals surface area contributed by atoms with Crippen LogP contribution in [0.2, 0.25) is 0 Å². The zero-order valence-corrected chi connectivity index (χ0v) is 9.29. The molecule has 12 heavy (non-hydrogen) atoms. The molecular weight excluding hydrogens is 291 g/mol. The summed E-state index contributed by atoms with van der Waals surface area (Å²) in [6, 6.07) is 6.81. The average Bonchev–Trinajstić information content (AvgIpc) is 1.91. The summed E-state index contributed by atoms with van der Waals surface area (Å²) in [5.41, 5.74) is 1.06. The van der Waals surface area contributed by atoms with Gasteiger partial charge >= 0.3 is 7.29 Å². The maximum absolute atomic E-state index is 10.7. The summed E-state index contributed by atoms with van der Waals surface area (Å²) >= 11 is 1.24. The summed E-state index contributed by atoms with van der Waals surface area (Å²) in [7, 11) is -3.42. The third-order valence-corrected chi connectivity index (χ3v) is 2.15. The molecule has 0 amide bonds. The molecule has 0 N–H and O–H groups in total. The molecule has 0 unspecified atom stereocenters. The van der Waals surface area contributed by atoms with Crippen molar-refractivity contribution in [2.45, 2.75) is 6.92 Å². The van der Waals surface area contributed by atoms with Gasteiger partial charge in [0.15, 0.2) is 0 Å². The first-order valence-electron chi connectivity index (χ1n) is 3.18. The maximum Gasteiger partial charge on any atom is 0.364 e. The average molecular weight is 298 g/mol. The molecule has 0 radical (unpaired) electrons. The standard InChI is InChI=1S/C7H7IO3S/c1-6-2-4-7(5-3-6)11-12(8,9)10/h2-5H,1H3. The summed E-state index contributed by atoms with van der Waals surface area (Å²) in [5.74, 6) is 0.343. The fraction of sp³-hybridized carbons (Fsp3) is 0.143. The molecule has 1 aromatic rings. The van der Waals surface area contributed by atoms with E-state index in [1.54, 1.807) is 24.3 Å². The number of aryl methyl sites for hydroxylation is 1. The molecule has 1 aromatic carbocycles. The van der Waals surface area contributed by atoms with Crippen LogP contribution in [-0.2, 0) is 7.29 Å². The third kappa shape index (κ3) is 3.40. The van der Waals surface area contributed by atoms with Gasteiger partial charge in [-0.1, -0.05) is 17.7 Å². The Balaban J connectivity index is 2.85. The number of halogens is 1. The Labute approximate surface area is 83.5 Å². The van der Waals surface area contributed by atoms with Crippen LogP contribution in [0.5, 0.6) is 5.75 Å². The van der Waals surface area contributed by atoms with Crippen LogP contribution in [0.1, 0.15) is 5.56 Å². The molecule has 0 fully saturated rings. The van der Waals surface area contributed by atoms with Gasteiger partial charge in [-0.2, -0.15) is 8.42 Å². The van der Waals surface area contributed by atoms with Gasteiger partial charge in [0.1, 0.15) is 27.0 Å². The van der Waals surface area contributed by atoms with E-state index >= 15 is 0 Å². The normalized spacial score (nSPS) is 11.2. The van der Waals surface area contributed by atoms with E-state index in [9.17, 15) is 8.42 Å². The molecule has 0 saturated carbocycles. The zero-order valence-electron chi connectivity index (χ0n) is 6.32. The lowest BCUT2D eigenvalue weighted by Gasteiger charge is -2.00. The van der Waals surface area contributed by atoms with Crippen molar-refractivity contribution in [1.82, 2.24) is 0 Å². The van der Waals surface area contributed by atoms with Gasteiger partial charge in [-0.25, -0.2) is 0 Å². The molecule has 0 aromatic heterocycles. The first-order chi connectivity index (χ1) is 5.47. The number of hydrogen-bond acceptors (Lipinski definition) is 3. The van der Waals surface area contributed by atoms with Gasteiger partial charge in [-0.15, -0.1) is 0 Å². The summed E-state index contributed by atoms with van der Waals surface area (Å²) in [6.45, 7) is 1.92. The van der Waals surface area contributed by atoms with Gasteiger partial charge in [0, 0.05) is 0 Å². The van der Waals surface area contributed by atoms with Crippen molar-refractivity contribution in [3.63, 3.8) is 0 Å². The van der Waals surface area contributed by atoms with Gasteiger partial charge in [-0.3, -0.25) is 0 Å². The second kappa shape index (κ2) is 3.61. The number of rotatable bonds is 2. The smallest absolute Gasteiger partial charge is 0.364 e. The van der Waals surface area contributed by atoms with E-state index in [-0.39, 0.29) is 0 Å². The summed E-state index contributed by atoms with van der Waals surface area (Å²) < 4.78 is 25.9. The highest BCUT2D eigenvalue weighted by atomic mass is 127. The van der Waals surface area contributed by atoms with E-state index in [0.717, 1.165) is 5.56 Å². The van der Waals surface area contributed by atoms with Crippen molar-refractivity contribution in [2.75, 3.05) is 0 Å². The fourth-order valence-corrected chi connectivity index (χ4v) is 1.67. The Hall–Kier alpha value is -0.300. The lowest BCUT2D eigenvalue weighted by Crippen LogP contribution is -1.98. The van der Waals surface area contributed by atoms with E-state index in [2.05, 4.69) is 4.18 Å². The number of hydrogen-bond donors (Lipinski definition) is 0. The molecule has 0 aliphatic carbocycles. The van der Waals surface area contributed by atoms with Crippen molar-refractivity contribution < 1.29 is 12.6 Å². The lowest BCUT2D eigenvalue weighted by molar-refractivity contribution is 0.508. The van der Waals surface area contributed by atoms with Gasteiger partial charge in [0.2, 0.25) is 0 Å². The highest BCUT2D eigenvalue weighted by Gasteiger charge is 2.04. The second-order valence-corrected chi connectivity index (χ2v) is 6.48. The van der Waals surface area contributed by atoms with Gasteiger partial charge in [-0.05, 0) is 19.1 Å². The Bertz CT molecular complexity index is 355. The molecule has 0 bridgehead atoms. The molecule has 0 aliphatic heterocycles. The molecule has 0 heterocycles. The monoisotopic (exact) mass is 298 g/mol. The minimum absolute atomic E-state index is 0.343. The van der Waals surface area contributed by atoms with Crippen LogP contribution in [0, 0.1) is 6.92 Å². The van der Waals surface area contributed by atoms with Crippen LogP contribution in [0.4, 0.5) is 0 Å². The Morgan fingerprint density at radius 2 is 1.75 bits per heavy atom. The van der Waals surface area contributed by atoms with E-state index in [1.807, 2.05) is 6.92 Å². The molecular formula is C7H7IO3S. The van der Waals surface area contributed by atoms with Crippen molar-refractivity contribution in [2.24, 2.45) is 0 Å². The lowest BCUT2D eigenvalue weighted by atomic mass is 10.2. The molecule has 3 nitrogen and oxygen atoms in total. The molecule has 1 rings (SSSR count). The Morgan fingerprint density at radius 1 is 1.25 bits per heavy atom. The van der Waals surface area contributed by atoms with Crippen LogP contribution in [-0.4, -0.2) is 8.42 Å².